The maximum Gasteiger partial charge on any atom is 0.225 e. The van der Waals surface area contributed by atoms with Gasteiger partial charge >= 0.3 is 0 Å². The quantitative estimate of drug-likeness (QED) is 0.831. The molecule has 22 heavy (non-hydrogen) atoms. The summed E-state index contributed by atoms with van der Waals surface area (Å²) in [5.74, 6) is 1.67. The maximum atomic E-state index is 5.08. The molecule has 2 heterocycles. The van der Waals surface area contributed by atoms with Gasteiger partial charge in [0, 0.05) is 38.4 Å². The van der Waals surface area contributed by atoms with Crippen molar-refractivity contribution in [2.24, 2.45) is 0 Å². The Morgan fingerprint density at radius 1 is 1.14 bits per heavy atom. The molecular formula is C17H22N4O. The predicted octanol–water partition coefficient (Wildman–Crippen LogP) is 2.80. The van der Waals surface area contributed by atoms with Crippen molar-refractivity contribution in [3.63, 3.8) is 0 Å². The van der Waals surface area contributed by atoms with E-state index in [1.165, 1.54) is 12.8 Å². The molecule has 3 rings (SSSR count). The first kappa shape index (κ1) is 14.8. The number of methoxy groups -OCH3 is 1. The van der Waals surface area contributed by atoms with Crippen molar-refractivity contribution in [2.45, 2.75) is 12.8 Å². The van der Waals surface area contributed by atoms with Crippen molar-refractivity contribution in [3.8, 4) is 11.3 Å². The Morgan fingerprint density at radius 2 is 1.91 bits per heavy atom. The van der Waals surface area contributed by atoms with Gasteiger partial charge in [0.2, 0.25) is 5.95 Å². The standard InChI is InChI=1S/C17H22N4O/c1-22-12-9-18-17-19-15(14-7-3-2-4-8-14)13-16(20-17)21-10-5-6-11-21/h2-4,7-8,13H,5-6,9-12H2,1H3,(H,18,19,20). The lowest BCUT2D eigenvalue weighted by atomic mass is 10.1. The fourth-order valence-electron chi connectivity index (χ4n) is 2.64. The second-order valence-electron chi connectivity index (χ2n) is 5.41. The van der Waals surface area contributed by atoms with Gasteiger partial charge in [-0.25, -0.2) is 4.98 Å². The highest BCUT2D eigenvalue weighted by Crippen LogP contribution is 2.25. The van der Waals surface area contributed by atoms with E-state index in [1.807, 2.05) is 18.2 Å². The fourth-order valence-corrected chi connectivity index (χ4v) is 2.64. The molecular weight excluding hydrogens is 276 g/mol. The Kier molecular flexibility index (Phi) is 4.85. The van der Waals surface area contributed by atoms with Gasteiger partial charge in [-0.15, -0.1) is 0 Å². The number of anilines is 2. The minimum atomic E-state index is 0.637. The molecule has 1 aromatic heterocycles. The van der Waals surface area contributed by atoms with Crippen molar-refractivity contribution in [3.05, 3.63) is 36.4 Å². The molecule has 0 spiro atoms. The number of benzene rings is 1. The SMILES string of the molecule is COCCNc1nc(-c2ccccc2)cc(N2CCCC2)n1. The summed E-state index contributed by atoms with van der Waals surface area (Å²) in [6.07, 6.45) is 2.47. The number of nitrogens with one attached hydrogen (secondary N) is 1. The van der Waals surface area contributed by atoms with Gasteiger partial charge in [0.1, 0.15) is 5.82 Å². The highest BCUT2D eigenvalue weighted by Gasteiger charge is 2.16. The van der Waals surface area contributed by atoms with E-state index in [1.54, 1.807) is 7.11 Å². The number of ether oxygens (including phenoxy) is 1. The third-order valence-electron chi connectivity index (χ3n) is 3.80. The van der Waals surface area contributed by atoms with E-state index in [4.69, 9.17) is 4.74 Å². The number of rotatable bonds is 6. The summed E-state index contributed by atoms with van der Waals surface area (Å²) in [6, 6.07) is 12.3. The van der Waals surface area contributed by atoms with E-state index in [2.05, 4.69) is 38.4 Å². The third-order valence-corrected chi connectivity index (χ3v) is 3.80. The van der Waals surface area contributed by atoms with Crippen molar-refractivity contribution in [1.82, 2.24) is 9.97 Å². The molecule has 1 fully saturated rings. The summed E-state index contributed by atoms with van der Waals surface area (Å²) in [5.41, 5.74) is 2.07. The van der Waals surface area contributed by atoms with Gasteiger partial charge in [0.05, 0.1) is 12.3 Å². The van der Waals surface area contributed by atoms with Crippen LogP contribution in [0.1, 0.15) is 12.8 Å². The molecule has 0 saturated carbocycles. The summed E-state index contributed by atoms with van der Waals surface area (Å²) in [7, 11) is 1.69. The highest BCUT2D eigenvalue weighted by atomic mass is 16.5. The molecule has 5 nitrogen and oxygen atoms in total. The van der Waals surface area contributed by atoms with Crippen LogP contribution >= 0.6 is 0 Å². The van der Waals surface area contributed by atoms with Crippen molar-refractivity contribution >= 4 is 11.8 Å². The normalized spacial score (nSPS) is 14.3. The average molecular weight is 298 g/mol. The van der Waals surface area contributed by atoms with Crippen LogP contribution < -0.4 is 10.2 Å². The largest absolute Gasteiger partial charge is 0.383 e. The second-order valence-corrected chi connectivity index (χ2v) is 5.41. The summed E-state index contributed by atoms with van der Waals surface area (Å²) in [4.78, 5) is 11.6. The predicted molar refractivity (Wildman–Crippen MR) is 89.3 cm³/mol. The Bertz CT molecular complexity index is 597. The molecule has 0 unspecified atom stereocenters. The van der Waals surface area contributed by atoms with Crippen LogP contribution in [0, 0.1) is 0 Å². The van der Waals surface area contributed by atoms with Crippen molar-refractivity contribution < 1.29 is 4.74 Å². The smallest absolute Gasteiger partial charge is 0.225 e. The van der Waals surface area contributed by atoms with Crippen LogP contribution in [0.2, 0.25) is 0 Å². The first-order valence-corrected chi connectivity index (χ1v) is 7.79. The molecule has 1 saturated heterocycles. The Balaban J connectivity index is 1.90. The number of aromatic nitrogens is 2. The molecule has 5 heteroatoms. The highest BCUT2D eigenvalue weighted by molar-refractivity contribution is 5.64. The molecule has 1 aliphatic heterocycles. The average Bonchev–Trinajstić information content (AvgIpc) is 3.10. The lowest BCUT2D eigenvalue weighted by Crippen LogP contribution is -2.20. The Hall–Kier alpha value is -2.14. The van der Waals surface area contributed by atoms with Crippen molar-refractivity contribution in [1.29, 1.82) is 0 Å². The third kappa shape index (κ3) is 3.54. The lowest BCUT2D eigenvalue weighted by molar-refractivity contribution is 0.210. The van der Waals surface area contributed by atoms with E-state index in [9.17, 15) is 0 Å². The minimum absolute atomic E-state index is 0.637. The lowest BCUT2D eigenvalue weighted by Gasteiger charge is -2.18. The molecule has 1 aliphatic rings. The van der Waals surface area contributed by atoms with Gasteiger partial charge in [-0.1, -0.05) is 30.3 Å². The molecule has 1 N–H and O–H groups in total. The minimum Gasteiger partial charge on any atom is -0.383 e. The molecule has 116 valence electrons. The van der Waals surface area contributed by atoms with E-state index in [0.717, 1.165) is 30.2 Å². The van der Waals surface area contributed by atoms with Crippen LogP contribution in [0.3, 0.4) is 0 Å². The summed E-state index contributed by atoms with van der Waals surface area (Å²) >= 11 is 0. The second kappa shape index (κ2) is 7.22. The zero-order valence-electron chi connectivity index (χ0n) is 13.0. The van der Waals surface area contributed by atoms with Crippen molar-refractivity contribution in [2.75, 3.05) is 43.6 Å². The molecule has 0 amide bonds. The Morgan fingerprint density at radius 3 is 2.64 bits per heavy atom. The molecule has 0 bridgehead atoms. The van der Waals surface area contributed by atoms with E-state index in [0.29, 0.717) is 19.1 Å². The summed E-state index contributed by atoms with van der Waals surface area (Å²) in [5, 5.41) is 3.25. The van der Waals surface area contributed by atoms with Crippen LogP contribution in [-0.2, 0) is 4.74 Å². The van der Waals surface area contributed by atoms with Gasteiger partial charge in [0.15, 0.2) is 0 Å². The van der Waals surface area contributed by atoms with E-state index >= 15 is 0 Å². The van der Waals surface area contributed by atoms with Gasteiger partial charge in [0.25, 0.3) is 0 Å². The number of nitrogens with zero attached hydrogens (tertiary/aromatic N) is 3. The van der Waals surface area contributed by atoms with Gasteiger partial charge in [-0.2, -0.15) is 4.98 Å². The first-order valence-electron chi connectivity index (χ1n) is 7.79. The van der Waals surface area contributed by atoms with E-state index < -0.39 is 0 Å². The van der Waals surface area contributed by atoms with E-state index in [-0.39, 0.29) is 0 Å². The van der Waals surface area contributed by atoms with Crippen LogP contribution in [0.25, 0.3) is 11.3 Å². The van der Waals surface area contributed by atoms with Crippen LogP contribution in [0.4, 0.5) is 11.8 Å². The molecule has 0 aliphatic carbocycles. The summed E-state index contributed by atoms with van der Waals surface area (Å²) in [6.45, 7) is 3.48. The number of hydrogen-bond acceptors (Lipinski definition) is 5. The molecule has 0 atom stereocenters. The maximum absolute atomic E-state index is 5.08. The first-order chi connectivity index (χ1) is 10.9. The monoisotopic (exact) mass is 298 g/mol. The number of hydrogen-bond donors (Lipinski definition) is 1. The van der Waals surface area contributed by atoms with Crippen LogP contribution in [-0.4, -0.2) is 43.3 Å². The zero-order valence-corrected chi connectivity index (χ0v) is 13.0. The van der Waals surface area contributed by atoms with Crippen LogP contribution in [0.15, 0.2) is 36.4 Å². The topological polar surface area (TPSA) is 50.3 Å². The molecule has 1 aromatic carbocycles. The van der Waals surface area contributed by atoms with Gasteiger partial charge < -0.3 is 15.0 Å². The van der Waals surface area contributed by atoms with Gasteiger partial charge in [-0.3, -0.25) is 0 Å². The molecule has 2 aromatic rings. The van der Waals surface area contributed by atoms with Crippen LogP contribution in [0.5, 0.6) is 0 Å². The summed E-state index contributed by atoms with van der Waals surface area (Å²) < 4.78 is 5.08. The Labute approximate surface area is 131 Å². The zero-order chi connectivity index (χ0) is 15.2. The fraction of sp³-hybridized carbons (Fsp3) is 0.412. The molecule has 0 radical (unpaired) electrons. The van der Waals surface area contributed by atoms with Gasteiger partial charge in [-0.05, 0) is 12.8 Å².